The van der Waals surface area contributed by atoms with Crippen molar-refractivity contribution in [2.75, 3.05) is 0 Å². The van der Waals surface area contributed by atoms with Gasteiger partial charge >= 0.3 is 0 Å². The van der Waals surface area contributed by atoms with Crippen LogP contribution in [0.5, 0.6) is 0 Å². The fourth-order valence-corrected chi connectivity index (χ4v) is 1.99. The normalized spacial score (nSPS) is 29.3. The Hall–Kier alpha value is -0.930. The standard InChI is InChI=1S/C9H18N4/c1-2-7-3-5-8(6-4-7)9(10)12-13-11/h7-8H,2-6H2,1H3,(H3,10,11,12). The van der Waals surface area contributed by atoms with Gasteiger partial charge in [-0.15, -0.1) is 5.11 Å². The van der Waals surface area contributed by atoms with Crippen LogP contribution in [0.25, 0.3) is 0 Å². The predicted octanol–water partition coefficient (Wildman–Crippen LogP) is 2.51. The number of rotatable bonds is 2. The maximum Gasteiger partial charge on any atom is 0.148 e. The van der Waals surface area contributed by atoms with Crippen molar-refractivity contribution in [3.8, 4) is 0 Å². The van der Waals surface area contributed by atoms with Gasteiger partial charge in [0.2, 0.25) is 0 Å². The molecule has 0 aromatic carbocycles. The summed E-state index contributed by atoms with van der Waals surface area (Å²) >= 11 is 0. The number of hydrogen-bond donors (Lipinski definition) is 2. The lowest BCUT2D eigenvalue weighted by atomic mass is 9.80. The Morgan fingerprint density at radius 1 is 1.38 bits per heavy atom. The molecule has 0 spiro atoms. The summed E-state index contributed by atoms with van der Waals surface area (Å²) in [7, 11) is 0. The van der Waals surface area contributed by atoms with Gasteiger partial charge in [0, 0.05) is 5.92 Å². The molecule has 0 bridgehead atoms. The van der Waals surface area contributed by atoms with Crippen molar-refractivity contribution in [2.45, 2.75) is 39.0 Å². The van der Waals surface area contributed by atoms with Crippen molar-refractivity contribution >= 4 is 5.84 Å². The molecule has 13 heavy (non-hydrogen) atoms. The summed E-state index contributed by atoms with van der Waals surface area (Å²) in [6.07, 6.45) is 5.87. The number of hydrogen-bond acceptors (Lipinski definition) is 2. The molecule has 0 aromatic heterocycles. The van der Waals surface area contributed by atoms with Gasteiger partial charge in [-0.1, -0.05) is 18.6 Å². The summed E-state index contributed by atoms with van der Waals surface area (Å²) in [6.45, 7) is 2.23. The molecular weight excluding hydrogens is 164 g/mol. The zero-order valence-corrected chi connectivity index (χ0v) is 8.16. The first kappa shape index (κ1) is 10.2. The molecule has 4 heteroatoms. The van der Waals surface area contributed by atoms with Crippen molar-refractivity contribution in [3.05, 3.63) is 0 Å². The highest BCUT2D eigenvalue weighted by Crippen LogP contribution is 2.31. The molecule has 1 aliphatic carbocycles. The van der Waals surface area contributed by atoms with Crippen LogP contribution in [0, 0.1) is 17.2 Å². The molecular formula is C9H18N4. The minimum atomic E-state index is 0.301. The van der Waals surface area contributed by atoms with E-state index in [2.05, 4.69) is 17.3 Å². The minimum Gasteiger partial charge on any atom is -0.305 e. The van der Waals surface area contributed by atoms with Gasteiger partial charge in [-0.25, -0.2) is 0 Å². The first-order valence-corrected chi connectivity index (χ1v) is 4.97. The highest BCUT2D eigenvalue weighted by Gasteiger charge is 2.22. The van der Waals surface area contributed by atoms with Gasteiger partial charge in [-0.05, 0) is 31.6 Å². The number of amidine groups is 1. The lowest BCUT2D eigenvalue weighted by molar-refractivity contribution is 0.313. The van der Waals surface area contributed by atoms with Crippen molar-refractivity contribution in [2.24, 2.45) is 28.0 Å². The smallest absolute Gasteiger partial charge is 0.148 e. The van der Waals surface area contributed by atoms with E-state index in [0.717, 1.165) is 18.8 Å². The van der Waals surface area contributed by atoms with E-state index in [-0.39, 0.29) is 0 Å². The summed E-state index contributed by atoms with van der Waals surface area (Å²) in [4.78, 5) is 0. The summed E-state index contributed by atoms with van der Waals surface area (Å²) in [5, 5.41) is 14.3. The molecule has 0 heterocycles. The summed E-state index contributed by atoms with van der Waals surface area (Å²) < 4.78 is 0. The first-order chi connectivity index (χ1) is 6.27. The van der Waals surface area contributed by atoms with Crippen molar-refractivity contribution < 1.29 is 0 Å². The average Bonchev–Trinajstić information content (AvgIpc) is 2.18. The van der Waals surface area contributed by atoms with Crippen LogP contribution < -0.4 is 5.84 Å². The molecule has 1 rings (SSSR count). The molecule has 0 amide bonds. The van der Waals surface area contributed by atoms with E-state index >= 15 is 0 Å². The Kier molecular flexibility index (Phi) is 3.86. The summed E-state index contributed by atoms with van der Waals surface area (Å²) in [5.74, 6) is 6.43. The second-order valence-corrected chi connectivity index (χ2v) is 3.73. The molecule has 0 aromatic rings. The maximum atomic E-state index is 7.57. The molecule has 1 saturated carbocycles. The second-order valence-electron chi connectivity index (χ2n) is 3.73. The predicted molar refractivity (Wildman–Crippen MR) is 52.5 cm³/mol. The fourth-order valence-electron chi connectivity index (χ4n) is 1.99. The fraction of sp³-hybridized carbons (Fsp3) is 0.889. The second kappa shape index (κ2) is 4.94. The van der Waals surface area contributed by atoms with Gasteiger partial charge < -0.3 is 5.84 Å². The average molecular weight is 182 g/mol. The third-order valence-electron chi connectivity index (χ3n) is 2.98. The van der Waals surface area contributed by atoms with Gasteiger partial charge in [0.1, 0.15) is 5.84 Å². The highest BCUT2D eigenvalue weighted by atomic mass is 15.3. The van der Waals surface area contributed by atoms with E-state index in [0.29, 0.717) is 11.8 Å². The zero-order valence-electron chi connectivity index (χ0n) is 8.16. The number of nitrogens with two attached hydrogens (primary N) is 1. The summed E-state index contributed by atoms with van der Waals surface area (Å²) in [5.41, 5.74) is 0. The van der Waals surface area contributed by atoms with Crippen LogP contribution in [0.3, 0.4) is 0 Å². The lowest BCUT2D eigenvalue weighted by Gasteiger charge is -2.26. The van der Waals surface area contributed by atoms with Crippen molar-refractivity contribution in [3.63, 3.8) is 0 Å². The maximum absolute atomic E-state index is 7.57. The Balaban J connectivity index is 2.36. The molecule has 1 aliphatic rings. The van der Waals surface area contributed by atoms with E-state index in [1.807, 2.05) is 0 Å². The molecule has 0 atom stereocenters. The van der Waals surface area contributed by atoms with Gasteiger partial charge in [0.15, 0.2) is 0 Å². The van der Waals surface area contributed by atoms with Crippen molar-refractivity contribution in [1.29, 1.82) is 5.41 Å². The highest BCUT2D eigenvalue weighted by molar-refractivity contribution is 5.81. The molecule has 3 N–H and O–H groups in total. The SMILES string of the molecule is CCC1CCC(C(=N)N=NN)CC1. The first-order valence-electron chi connectivity index (χ1n) is 4.97. The van der Waals surface area contributed by atoms with Gasteiger partial charge in [-0.2, -0.15) is 0 Å². The number of nitrogens with zero attached hydrogens (tertiary/aromatic N) is 2. The van der Waals surface area contributed by atoms with E-state index < -0.39 is 0 Å². The third-order valence-corrected chi connectivity index (χ3v) is 2.98. The van der Waals surface area contributed by atoms with E-state index in [1.54, 1.807) is 0 Å². The Morgan fingerprint density at radius 3 is 2.46 bits per heavy atom. The minimum absolute atomic E-state index is 0.301. The Labute approximate surface area is 79.1 Å². The van der Waals surface area contributed by atoms with E-state index in [4.69, 9.17) is 11.3 Å². The topological polar surface area (TPSA) is 74.6 Å². The van der Waals surface area contributed by atoms with E-state index in [9.17, 15) is 0 Å². The van der Waals surface area contributed by atoms with Crippen LogP contribution in [0.1, 0.15) is 39.0 Å². The quantitative estimate of drug-likeness (QED) is 0.222. The van der Waals surface area contributed by atoms with Crippen LogP contribution in [0.2, 0.25) is 0 Å². The zero-order chi connectivity index (χ0) is 9.68. The van der Waals surface area contributed by atoms with Gasteiger partial charge in [0.05, 0.1) is 0 Å². The van der Waals surface area contributed by atoms with Crippen LogP contribution in [0.15, 0.2) is 10.3 Å². The molecule has 0 unspecified atom stereocenters. The van der Waals surface area contributed by atoms with Crippen LogP contribution >= 0.6 is 0 Å². The molecule has 74 valence electrons. The van der Waals surface area contributed by atoms with Gasteiger partial charge in [-0.3, -0.25) is 5.41 Å². The largest absolute Gasteiger partial charge is 0.305 e. The van der Waals surface area contributed by atoms with Crippen LogP contribution in [-0.4, -0.2) is 5.84 Å². The third kappa shape index (κ3) is 2.79. The molecule has 0 radical (unpaired) electrons. The molecule has 0 aliphatic heterocycles. The molecule has 0 saturated heterocycles. The van der Waals surface area contributed by atoms with Gasteiger partial charge in [0.25, 0.3) is 0 Å². The Morgan fingerprint density at radius 2 is 2.00 bits per heavy atom. The van der Waals surface area contributed by atoms with E-state index in [1.165, 1.54) is 19.3 Å². The number of nitrogens with one attached hydrogen (secondary N) is 1. The molecule has 4 nitrogen and oxygen atoms in total. The monoisotopic (exact) mass is 182 g/mol. The summed E-state index contributed by atoms with van der Waals surface area (Å²) in [6, 6.07) is 0. The lowest BCUT2D eigenvalue weighted by Crippen LogP contribution is -2.19. The van der Waals surface area contributed by atoms with Crippen molar-refractivity contribution in [1.82, 2.24) is 0 Å². The van der Waals surface area contributed by atoms with Crippen LogP contribution in [0.4, 0.5) is 0 Å². The van der Waals surface area contributed by atoms with Crippen LogP contribution in [-0.2, 0) is 0 Å². The Bertz CT molecular complexity index is 192. The molecule has 1 fully saturated rings.